The summed E-state index contributed by atoms with van der Waals surface area (Å²) in [6.45, 7) is 1.24. The van der Waals surface area contributed by atoms with Gasteiger partial charge in [0.05, 0.1) is 18.6 Å². The number of benzene rings is 1. The van der Waals surface area contributed by atoms with Gasteiger partial charge in [-0.15, -0.1) is 0 Å². The van der Waals surface area contributed by atoms with Crippen LogP contribution < -0.4 is 9.46 Å². The third kappa shape index (κ3) is 3.71. The monoisotopic (exact) mass is 243 g/mol. The van der Waals surface area contributed by atoms with Crippen molar-refractivity contribution in [2.24, 2.45) is 0 Å². The lowest BCUT2D eigenvalue weighted by Gasteiger charge is -2.07. The molecule has 0 bridgehead atoms. The first-order chi connectivity index (χ1) is 7.53. The molecule has 88 valence electrons. The molecule has 0 radical (unpaired) electrons. The van der Waals surface area contributed by atoms with Gasteiger partial charge >= 0.3 is 0 Å². The SMILES string of the molecule is CS(=O)(=O)Nc1cccc(OC[C@@H]2CO2)c1. The molecule has 1 aromatic carbocycles. The van der Waals surface area contributed by atoms with Crippen LogP contribution in [-0.2, 0) is 14.8 Å². The van der Waals surface area contributed by atoms with Crippen molar-refractivity contribution in [1.29, 1.82) is 0 Å². The lowest BCUT2D eigenvalue weighted by atomic mass is 10.3. The molecule has 0 aliphatic carbocycles. The van der Waals surface area contributed by atoms with Gasteiger partial charge in [-0.25, -0.2) is 8.42 Å². The van der Waals surface area contributed by atoms with Gasteiger partial charge in [-0.2, -0.15) is 0 Å². The standard InChI is InChI=1S/C10H13NO4S/c1-16(12,13)11-8-3-2-4-9(5-8)14-6-10-7-15-10/h2-5,10-11H,6-7H2,1H3/t10-/m1/s1. The highest BCUT2D eigenvalue weighted by Crippen LogP contribution is 2.19. The Bertz CT molecular complexity index is 467. The van der Waals surface area contributed by atoms with Crippen molar-refractivity contribution in [3.8, 4) is 5.75 Å². The minimum absolute atomic E-state index is 0.187. The van der Waals surface area contributed by atoms with Crippen LogP contribution >= 0.6 is 0 Å². The van der Waals surface area contributed by atoms with Crippen LogP contribution in [0.5, 0.6) is 5.75 Å². The van der Waals surface area contributed by atoms with Gasteiger partial charge in [-0.3, -0.25) is 4.72 Å². The van der Waals surface area contributed by atoms with Gasteiger partial charge in [0.25, 0.3) is 0 Å². The van der Waals surface area contributed by atoms with Crippen LogP contribution in [0.25, 0.3) is 0 Å². The highest BCUT2D eigenvalue weighted by molar-refractivity contribution is 7.92. The first-order valence-corrected chi connectivity index (χ1v) is 6.74. The topological polar surface area (TPSA) is 67.9 Å². The lowest BCUT2D eigenvalue weighted by molar-refractivity contribution is 0.263. The Morgan fingerprint density at radius 2 is 2.31 bits per heavy atom. The fourth-order valence-electron chi connectivity index (χ4n) is 1.22. The molecule has 2 rings (SSSR count). The maximum atomic E-state index is 11.0. The average Bonchev–Trinajstić information content (AvgIpc) is 2.96. The van der Waals surface area contributed by atoms with Crippen molar-refractivity contribution in [1.82, 2.24) is 0 Å². The molecular weight excluding hydrogens is 230 g/mol. The molecule has 1 aliphatic rings. The Kier molecular flexibility index (Phi) is 3.02. The molecule has 0 aromatic heterocycles. The number of nitrogens with one attached hydrogen (secondary N) is 1. The van der Waals surface area contributed by atoms with E-state index in [-0.39, 0.29) is 6.10 Å². The minimum atomic E-state index is -3.24. The van der Waals surface area contributed by atoms with Gasteiger partial charge in [0.15, 0.2) is 0 Å². The summed E-state index contributed by atoms with van der Waals surface area (Å²) in [5, 5.41) is 0. The zero-order valence-electron chi connectivity index (χ0n) is 8.84. The second kappa shape index (κ2) is 4.31. The van der Waals surface area contributed by atoms with Crippen LogP contribution in [0, 0.1) is 0 Å². The minimum Gasteiger partial charge on any atom is -0.491 e. The van der Waals surface area contributed by atoms with Gasteiger partial charge in [0, 0.05) is 6.07 Å². The van der Waals surface area contributed by atoms with Crippen molar-refractivity contribution < 1.29 is 17.9 Å². The normalized spacial score (nSPS) is 19.2. The van der Waals surface area contributed by atoms with Crippen molar-refractivity contribution in [3.05, 3.63) is 24.3 Å². The Morgan fingerprint density at radius 1 is 1.56 bits per heavy atom. The molecule has 16 heavy (non-hydrogen) atoms. The summed E-state index contributed by atoms with van der Waals surface area (Å²) in [4.78, 5) is 0. The highest BCUT2D eigenvalue weighted by Gasteiger charge is 2.23. The zero-order chi connectivity index (χ0) is 11.6. The summed E-state index contributed by atoms with van der Waals surface area (Å²) in [5.74, 6) is 0.629. The quantitative estimate of drug-likeness (QED) is 0.778. The molecule has 0 spiro atoms. The maximum Gasteiger partial charge on any atom is 0.229 e. The summed E-state index contributed by atoms with van der Waals surface area (Å²) in [6, 6.07) is 6.82. The molecule has 1 saturated heterocycles. The molecule has 0 unspecified atom stereocenters. The van der Waals surface area contributed by atoms with Crippen LogP contribution in [0.3, 0.4) is 0 Å². The molecule has 0 amide bonds. The molecule has 1 fully saturated rings. The van der Waals surface area contributed by atoms with Crippen LogP contribution in [0.4, 0.5) is 5.69 Å². The van der Waals surface area contributed by atoms with E-state index in [0.29, 0.717) is 18.0 Å². The summed E-state index contributed by atoms with van der Waals surface area (Å²) < 4.78 is 34.8. The number of epoxide rings is 1. The van der Waals surface area contributed by atoms with Gasteiger partial charge in [-0.05, 0) is 12.1 Å². The van der Waals surface area contributed by atoms with E-state index in [2.05, 4.69) is 4.72 Å². The zero-order valence-corrected chi connectivity index (χ0v) is 9.66. The molecular formula is C10H13NO4S. The largest absolute Gasteiger partial charge is 0.491 e. The molecule has 1 aliphatic heterocycles. The number of hydrogen-bond donors (Lipinski definition) is 1. The van der Waals surface area contributed by atoms with Gasteiger partial charge < -0.3 is 9.47 Å². The van der Waals surface area contributed by atoms with E-state index in [1.807, 2.05) is 0 Å². The highest BCUT2D eigenvalue weighted by atomic mass is 32.2. The average molecular weight is 243 g/mol. The number of anilines is 1. The third-order valence-corrected chi connectivity index (χ3v) is 2.58. The smallest absolute Gasteiger partial charge is 0.229 e. The first-order valence-electron chi connectivity index (χ1n) is 4.85. The number of hydrogen-bond acceptors (Lipinski definition) is 4. The van der Waals surface area contributed by atoms with E-state index >= 15 is 0 Å². The number of ether oxygens (including phenoxy) is 2. The molecule has 6 heteroatoms. The molecule has 1 aromatic rings. The van der Waals surface area contributed by atoms with Crippen LogP contribution in [-0.4, -0.2) is 34.0 Å². The molecule has 1 heterocycles. The fourth-order valence-corrected chi connectivity index (χ4v) is 1.77. The van der Waals surface area contributed by atoms with Gasteiger partial charge in [0.1, 0.15) is 18.5 Å². The lowest BCUT2D eigenvalue weighted by Crippen LogP contribution is -2.10. The van der Waals surface area contributed by atoms with E-state index in [9.17, 15) is 8.42 Å². The summed E-state index contributed by atoms with van der Waals surface area (Å²) in [6.07, 6.45) is 1.30. The summed E-state index contributed by atoms with van der Waals surface area (Å²) >= 11 is 0. The molecule has 5 nitrogen and oxygen atoms in total. The second-order valence-electron chi connectivity index (χ2n) is 3.67. The van der Waals surface area contributed by atoms with Crippen LogP contribution in [0.1, 0.15) is 0 Å². The Balaban J connectivity index is 2.00. The van der Waals surface area contributed by atoms with Crippen molar-refractivity contribution >= 4 is 15.7 Å². The Morgan fingerprint density at radius 3 is 2.94 bits per heavy atom. The Labute approximate surface area is 94.4 Å². The van der Waals surface area contributed by atoms with Crippen LogP contribution in [0.2, 0.25) is 0 Å². The summed E-state index contributed by atoms with van der Waals surface area (Å²) in [5.41, 5.74) is 0.497. The second-order valence-corrected chi connectivity index (χ2v) is 5.42. The molecule has 0 saturated carbocycles. The third-order valence-electron chi connectivity index (χ3n) is 1.98. The van der Waals surface area contributed by atoms with E-state index in [1.165, 1.54) is 0 Å². The maximum absolute atomic E-state index is 11.0. The van der Waals surface area contributed by atoms with E-state index in [0.717, 1.165) is 12.9 Å². The van der Waals surface area contributed by atoms with Crippen molar-refractivity contribution in [3.63, 3.8) is 0 Å². The van der Waals surface area contributed by atoms with E-state index < -0.39 is 10.0 Å². The van der Waals surface area contributed by atoms with E-state index in [1.54, 1.807) is 24.3 Å². The Hall–Kier alpha value is -1.27. The van der Waals surface area contributed by atoms with Gasteiger partial charge in [0.2, 0.25) is 10.0 Å². The number of rotatable bonds is 5. The first kappa shape index (κ1) is 11.2. The van der Waals surface area contributed by atoms with Crippen molar-refractivity contribution in [2.45, 2.75) is 6.10 Å². The van der Waals surface area contributed by atoms with Crippen molar-refractivity contribution in [2.75, 3.05) is 24.2 Å². The van der Waals surface area contributed by atoms with Crippen LogP contribution in [0.15, 0.2) is 24.3 Å². The summed E-state index contributed by atoms with van der Waals surface area (Å²) in [7, 11) is -3.24. The molecule has 1 N–H and O–H groups in total. The van der Waals surface area contributed by atoms with E-state index in [4.69, 9.17) is 9.47 Å². The fraction of sp³-hybridized carbons (Fsp3) is 0.400. The molecule has 1 atom stereocenters. The predicted molar refractivity (Wildman–Crippen MR) is 60.1 cm³/mol. The number of sulfonamides is 1. The van der Waals surface area contributed by atoms with Gasteiger partial charge in [-0.1, -0.05) is 6.07 Å². The predicted octanol–water partition coefficient (Wildman–Crippen LogP) is 0.836.